The van der Waals surface area contributed by atoms with E-state index in [1.54, 1.807) is 4.68 Å². The molecular weight excluding hydrogens is 194 g/mol. The normalized spacial score (nSPS) is 20.5. The number of aromatic nitrogens is 2. The molecular formula is C10H15N3O2. The van der Waals surface area contributed by atoms with Crippen LogP contribution in [0.5, 0.6) is 0 Å². The van der Waals surface area contributed by atoms with Crippen LogP contribution in [-0.4, -0.2) is 28.4 Å². The van der Waals surface area contributed by atoms with Gasteiger partial charge in [-0.15, -0.1) is 0 Å². The average molecular weight is 209 g/mol. The van der Waals surface area contributed by atoms with Crippen LogP contribution in [0.25, 0.3) is 0 Å². The summed E-state index contributed by atoms with van der Waals surface area (Å²) < 4.78 is 7.00. The van der Waals surface area contributed by atoms with Gasteiger partial charge in [-0.3, -0.25) is 9.48 Å². The second-order valence-corrected chi connectivity index (χ2v) is 3.79. The van der Waals surface area contributed by atoms with E-state index in [4.69, 9.17) is 4.74 Å². The predicted molar refractivity (Wildman–Crippen MR) is 55.5 cm³/mol. The second-order valence-electron chi connectivity index (χ2n) is 3.79. The summed E-state index contributed by atoms with van der Waals surface area (Å²) in [5.74, 6) is 0.501. The van der Waals surface area contributed by atoms with Crippen LogP contribution in [-0.2, 0) is 16.6 Å². The zero-order chi connectivity index (χ0) is 10.8. The molecule has 0 radical (unpaired) electrons. The highest BCUT2D eigenvalue weighted by Gasteiger charge is 2.24. The number of nitrogens with zero attached hydrogens (tertiary/aromatic N) is 2. The topological polar surface area (TPSA) is 56.1 Å². The average Bonchev–Trinajstić information content (AvgIpc) is 2.77. The highest BCUT2D eigenvalue weighted by atomic mass is 16.5. The Morgan fingerprint density at radius 1 is 1.73 bits per heavy atom. The van der Waals surface area contributed by atoms with E-state index in [1.165, 1.54) is 0 Å². The van der Waals surface area contributed by atoms with Gasteiger partial charge in [0, 0.05) is 25.4 Å². The predicted octanol–water partition coefficient (Wildman–Crippen LogP) is 0.846. The third kappa shape index (κ3) is 2.18. The van der Waals surface area contributed by atoms with Gasteiger partial charge in [0.2, 0.25) is 0 Å². The summed E-state index contributed by atoms with van der Waals surface area (Å²) in [7, 11) is 1.84. The fourth-order valence-corrected chi connectivity index (χ4v) is 1.61. The molecule has 1 saturated heterocycles. The maximum Gasteiger partial charge on any atom is 0.254 e. The van der Waals surface area contributed by atoms with E-state index >= 15 is 0 Å². The van der Waals surface area contributed by atoms with Crippen LogP contribution >= 0.6 is 0 Å². The van der Waals surface area contributed by atoms with Crippen LogP contribution in [0.4, 0.5) is 5.82 Å². The molecule has 1 aliphatic heterocycles. The fraction of sp³-hybridized carbons (Fsp3) is 0.600. The van der Waals surface area contributed by atoms with E-state index in [0.29, 0.717) is 12.4 Å². The highest BCUT2D eigenvalue weighted by molar-refractivity contribution is 5.93. The van der Waals surface area contributed by atoms with Gasteiger partial charge in [-0.05, 0) is 19.8 Å². The summed E-state index contributed by atoms with van der Waals surface area (Å²) in [6, 6.07) is 1.84. The summed E-state index contributed by atoms with van der Waals surface area (Å²) in [6.45, 7) is 2.62. The van der Waals surface area contributed by atoms with Gasteiger partial charge in [0.15, 0.2) is 5.82 Å². The van der Waals surface area contributed by atoms with E-state index in [2.05, 4.69) is 10.4 Å². The fourth-order valence-electron chi connectivity index (χ4n) is 1.61. The van der Waals surface area contributed by atoms with Crippen molar-refractivity contribution >= 4 is 11.7 Å². The summed E-state index contributed by atoms with van der Waals surface area (Å²) in [5, 5.41) is 6.90. The largest absolute Gasteiger partial charge is 0.368 e. The van der Waals surface area contributed by atoms with E-state index in [9.17, 15) is 4.79 Å². The molecule has 0 aromatic carbocycles. The third-order valence-electron chi connectivity index (χ3n) is 2.59. The van der Waals surface area contributed by atoms with Crippen molar-refractivity contribution in [3.63, 3.8) is 0 Å². The van der Waals surface area contributed by atoms with Gasteiger partial charge < -0.3 is 10.1 Å². The lowest BCUT2D eigenvalue weighted by molar-refractivity contribution is -0.124. The number of carbonyl (C=O) groups is 1. The van der Waals surface area contributed by atoms with Gasteiger partial charge in [-0.25, -0.2) is 0 Å². The Morgan fingerprint density at radius 3 is 3.07 bits per heavy atom. The molecule has 1 aromatic heterocycles. The van der Waals surface area contributed by atoms with E-state index in [-0.39, 0.29) is 12.0 Å². The molecule has 15 heavy (non-hydrogen) atoms. The molecule has 1 N–H and O–H groups in total. The molecule has 1 amide bonds. The molecule has 1 unspecified atom stereocenters. The van der Waals surface area contributed by atoms with Crippen molar-refractivity contribution < 1.29 is 9.53 Å². The lowest BCUT2D eigenvalue weighted by Crippen LogP contribution is -2.27. The van der Waals surface area contributed by atoms with Gasteiger partial charge in [0.05, 0.1) is 0 Å². The smallest absolute Gasteiger partial charge is 0.254 e. The molecule has 0 spiro atoms. The van der Waals surface area contributed by atoms with Crippen LogP contribution in [0.3, 0.4) is 0 Å². The Hall–Kier alpha value is -1.36. The number of carbonyl (C=O) groups excluding carboxylic acids is 1. The van der Waals surface area contributed by atoms with Crippen LogP contribution in [0.2, 0.25) is 0 Å². The van der Waals surface area contributed by atoms with E-state index < -0.39 is 0 Å². The number of anilines is 1. The minimum Gasteiger partial charge on any atom is -0.368 e. The Labute approximate surface area is 88.4 Å². The SMILES string of the molecule is Cc1cc(NC(=O)C2CCCO2)nn1C. The van der Waals surface area contributed by atoms with Crippen molar-refractivity contribution in [2.24, 2.45) is 7.05 Å². The first kappa shape index (κ1) is 10.2. The monoisotopic (exact) mass is 209 g/mol. The van der Waals surface area contributed by atoms with Crippen molar-refractivity contribution in [2.45, 2.75) is 25.9 Å². The number of nitrogens with one attached hydrogen (secondary N) is 1. The number of hydrogen-bond acceptors (Lipinski definition) is 3. The van der Waals surface area contributed by atoms with Crippen molar-refractivity contribution in [1.29, 1.82) is 0 Å². The first-order valence-electron chi connectivity index (χ1n) is 5.10. The molecule has 0 saturated carbocycles. The minimum absolute atomic E-state index is 0.0920. The van der Waals surface area contributed by atoms with Crippen molar-refractivity contribution in [1.82, 2.24) is 9.78 Å². The van der Waals surface area contributed by atoms with Gasteiger partial charge in [0.25, 0.3) is 5.91 Å². The molecule has 0 bridgehead atoms. The van der Waals surface area contributed by atoms with Gasteiger partial charge in [-0.1, -0.05) is 0 Å². The van der Waals surface area contributed by atoms with Gasteiger partial charge in [-0.2, -0.15) is 5.10 Å². The molecule has 2 rings (SSSR count). The Morgan fingerprint density at radius 2 is 2.53 bits per heavy atom. The van der Waals surface area contributed by atoms with Crippen LogP contribution in [0.1, 0.15) is 18.5 Å². The summed E-state index contributed by atoms with van der Waals surface area (Å²) >= 11 is 0. The number of ether oxygens (including phenoxy) is 1. The first-order chi connectivity index (χ1) is 7.16. The minimum atomic E-state index is -0.299. The number of hydrogen-bond donors (Lipinski definition) is 1. The van der Waals surface area contributed by atoms with Crippen molar-refractivity contribution in [3.05, 3.63) is 11.8 Å². The van der Waals surface area contributed by atoms with Crippen LogP contribution in [0.15, 0.2) is 6.07 Å². The zero-order valence-corrected chi connectivity index (χ0v) is 8.99. The van der Waals surface area contributed by atoms with Gasteiger partial charge >= 0.3 is 0 Å². The highest BCUT2D eigenvalue weighted by Crippen LogP contribution is 2.14. The quantitative estimate of drug-likeness (QED) is 0.785. The molecule has 82 valence electrons. The second kappa shape index (κ2) is 4.02. The standard InChI is InChI=1S/C10H15N3O2/c1-7-6-9(12-13(7)2)11-10(14)8-4-3-5-15-8/h6,8H,3-5H2,1-2H3,(H,11,12,14). The molecule has 5 nitrogen and oxygen atoms in total. The Balaban J connectivity index is 1.99. The van der Waals surface area contributed by atoms with Gasteiger partial charge in [0.1, 0.15) is 6.10 Å². The molecule has 0 aliphatic carbocycles. The summed E-state index contributed by atoms with van der Waals surface area (Å²) in [6.07, 6.45) is 1.46. The van der Waals surface area contributed by atoms with E-state index in [1.807, 2.05) is 20.0 Å². The lowest BCUT2D eigenvalue weighted by Gasteiger charge is -2.07. The Bertz CT molecular complexity index is 347. The number of aryl methyl sites for hydroxylation is 2. The lowest BCUT2D eigenvalue weighted by atomic mass is 10.2. The maximum atomic E-state index is 11.6. The maximum absolute atomic E-state index is 11.6. The summed E-state index contributed by atoms with van der Waals surface area (Å²) in [4.78, 5) is 11.6. The van der Waals surface area contributed by atoms with Crippen molar-refractivity contribution in [2.75, 3.05) is 11.9 Å². The third-order valence-corrected chi connectivity index (χ3v) is 2.59. The number of rotatable bonds is 2. The molecule has 5 heteroatoms. The molecule has 2 heterocycles. The molecule has 1 fully saturated rings. The Kier molecular flexibility index (Phi) is 2.73. The molecule has 1 atom stereocenters. The number of amides is 1. The molecule has 1 aliphatic rings. The van der Waals surface area contributed by atoms with Crippen molar-refractivity contribution in [3.8, 4) is 0 Å². The summed E-state index contributed by atoms with van der Waals surface area (Å²) in [5.41, 5.74) is 1.01. The van der Waals surface area contributed by atoms with Crippen LogP contribution < -0.4 is 5.32 Å². The first-order valence-corrected chi connectivity index (χ1v) is 5.10. The zero-order valence-electron chi connectivity index (χ0n) is 8.99. The van der Waals surface area contributed by atoms with Crippen LogP contribution in [0, 0.1) is 6.92 Å². The van der Waals surface area contributed by atoms with E-state index in [0.717, 1.165) is 18.5 Å². The molecule has 1 aromatic rings.